The minimum absolute atomic E-state index is 0.00326. The van der Waals surface area contributed by atoms with E-state index >= 15 is 0 Å². The summed E-state index contributed by atoms with van der Waals surface area (Å²) < 4.78 is 27.2. The second-order valence-corrected chi connectivity index (χ2v) is 7.26. The Hall–Kier alpha value is -3.55. The first-order chi connectivity index (χ1) is 14.8. The third-order valence-corrected chi connectivity index (χ3v) is 5.11. The number of nitrogens with zero attached hydrogens (tertiary/aromatic N) is 1. The van der Waals surface area contributed by atoms with Crippen LogP contribution in [0, 0.1) is 11.6 Å². The first kappa shape index (κ1) is 22.1. The van der Waals surface area contributed by atoms with Crippen molar-refractivity contribution in [1.82, 2.24) is 4.90 Å². The predicted octanol–water partition coefficient (Wildman–Crippen LogP) is 4.03. The minimum Gasteiger partial charge on any atom is -0.507 e. The predicted molar refractivity (Wildman–Crippen MR) is 108 cm³/mol. The summed E-state index contributed by atoms with van der Waals surface area (Å²) in [6.07, 6.45) is 1.36. The molecule has 0 bridgehead atoms. The molecule has 1 heterocycles. The van der Waals surface area contributed by atoms with E-state index in [1.165, 1.54) is 35.2 Å². The molecule has 2 aromatic rings. The van der Waals surface area contributed by atoms with E-state index in [1.807, 2.05) is 0 Å². The molecule has 2 N–H and O–H groups in total. The number of halogens is 2. The lowest BCUT2D eigenvalue weighted by Crippen LogP contribution is -2.30. The van der Waals surface area contributed by atoms with Gasteiger partial charge in [0.15, 0.2) is 0 Å². The number of amides is 1. The number of unbranched alkanes of at least 4 members (excludes halogenated alkanes) is 2. The fourth-order valence-corrected chi connectivity index (χ4v) is 3.63. The molecular formula is C23H21F2NO5. The zero-order valence-corrected chi connectivity index (χ0v) is 16.6. The van der Waals surface area contributed by atoms with Gasteiger partial charge in [-0.25, -0.2) is 8.78 Å². The van der Waals surface area contributed by atoms with Crippen molar-refractivity contribution >= 4 is 23.4 Å². The molecule has 2 aromatic carbocycles. The second-order valence-electron chi connectivity index (χ2n) is 7.26. The molecule has 1 fully saturated rings. The van der Waals surface area contributed by atoms with Crippen molar-refractivity contribution in [3.05, 3.63) is 76.9 Å². The first-order valence-corrected chi connectivity index (χ1v) is 9.81. The van der Waals surface area contributed by atoms with Crippen molar-refractivity contribution in [1.29, 1.82) is 0 Å². The molecule has 31 heavy (non-hydrogen) atoms. The highest BCUT2D eigenvalue weighted by atomic mass is 19.1. The normalized spacial score (nSPS) is 17.9. The number of carboxylic acid groups (broad SMARTS) is 1. The first-order valence-electron chi connectivity index (χ1n) is 9.81. The Morgan fingerprint density at radius 2 is 1.65 bits per heavy atom. The highest BCUT2D eigenvalue weighted by Crippen LogP contribution is 2.39. The number of carbonyl (C=O) groups excluding carboxylic acids is 2. The van der Waals surface area contributed by atoms with E-state index in [0.717, 1.165) is 12.1 Å². The van der Waals surface area contributed by atoms with Crippen molar-refractivity contribution in [3.8, 4) is 0 Å². The standard InChI is InChI=1S/C23H21F2NO5/c24-16-10-8-14(9-11-16)21(29)19-20(15-5-4-6-17(25)13-15)26(23(31)22(19)30)12-3-1-2-7-18(27)28/h4-6,8-11,13,20,29H,1-3,7,12H2,(H,27,28)/b21-19+. The summed E-state index contributed by atoms with van der Waals surface area (Å²) >= 11 is 0. The SMILES string of the molecule is O=C(O)CCCCCN1C(=O)C(=O)/C(=C(/O)c2ccc(F)cc2)C1c1cccc(F)c1. The molecular weight excluding hydrogens is 408 g/mol. The average molecular weight is 429 g/mol. The lowest BCUT2D eigenvalue weighted by atomic mass is 9.95. The van der Waals surface area contributed by atoms with Crippen molar-refractivity contribution in [2.24, 2.45) is 0 Å². The Morgan fingerprint density at radius 1 is 0.935 bits per heavy atom. The van der Waals surface area contributed by atoms with Crippen molar-refractivity contribution in [3.63, 3.8) is 0 Å². The van der Waals surface area contributed by atoms with Crippen LogP contribution in [0.25, 0.3) is 5.76 Å². The maximum atomic E-state index is 13.9. The van der Waals surface area contributed by atoms with Gasteiger partial charge in [-0.15, -0.1) is 0 Å². The van der Waals surface area contributed by atoms with Gasteiger partial charge in [0.25, 0.3) is 11.7 Å². The molecule has 1 unspecified atom stereocenters. The number of Topliss-reactive ketones (excluding diaryl/α,β-unsaturated/α-hetero) is 1. The van der Waals surface area contributed by atoms with Gasteiger partial charge in [0.2, 0.25) is 0 Å². The molecule has 6 nitrogen and oxygen atoms in total. The van der Waals surface area contributed by atoms with Gasteiger partial charge in [0.05, 0.1) is 11.6 Å². The van der Waals surface area contributed by atoms with Crippen LogP contribution in [0.2, 0.25) is 0 Å². The largest absolute Gasteiger partial charge is 0.507 e. The Bertz CT molecular complexity index is 1030. The van der Waals surface area contributed by atoms with Crippen LogP contribution in [0.5, 0.6) is 0 Å². The lowest BCUT2D eigenvalue weighted by Gasteiger charge is -2.25. The number of benzene rings is 2. The second kappa shape index (κ2) is 9.51. The molecule has 8 heteroatoms. The number of hydrogen-bond acceptors (Lipinski definition) is 4. The van der Waals surface area contributed by atoms with Crippen LogP contribution in [0.3, 0.4) is 0 Å². The van der Waals surface area contributed by atoms with Gasteiger partial charge in [-0.2, -0.15) is 0 Å². The smallest absolute Gasteiger partial charge is 0.303 e. The van der Waals surface area contributed by atoms with Gasteiger partial charge in [0, 0.05) is 18.5 Å². The molecule has 0 saturated carbocycles. The molecule has 162 valence electrons. The molecule has 0 aromatic heterocycles. The summed E-state index contributed by atoms with van der Waals surface area (Å²) in [6.45, 7) is 0.131. The number of aliphatic hydroxyl groups is 1. The molecule has 0 aliphatic carbocycles. The van der Waals surface area contributed by atoms with Crippen LogP contribution >= 0.6 is 0 Å². The van der Waals surface area contributed by atoms with E-state index in [2.05, 4.69) is 0 Å². The van der Waals surface area contributed by atoms with E-state index in [0.29, 0.717) is 24.8 Å². The molecule has 3 rings (SSSR count). The summed E-state index contributed by atoms with van der Waals surface area (Å²) in [7, 11) is 0. The zero-order valence-electron chi connectivity index (χ0n) is 16.6. The van der Waals surface area contributed by atoms with Gasteiger partial charge in [-0.05, 0) is 54.8 Å². The van der Waals surface area contributed by atoms with Gasteiger partial charge < -0.3 is 15.1 Å². The zero-order chi connectivity index (χ0) is 22.5. The van der Waals surface area contributed by atoms with E-state index < -0.39 is 41.1 Å². The monoisotopic (exact) mass is 429 g/mol. The Balaban J connectivity index is 1.97. The van der Waals surface area contributed by atoms with Crippen LogP contribution in [-0.4, -0.2) is 39.3 Å². The van der Waals surface area contributed by atoms with Crippen LogP contribution in [0.4, 0.5) is 8.78 Å². The third-order valence-electron chi connectivity index (χ3n) is 5.11. The number of carboxylic acids is 1. The maximum Gasteiger partial charge on any atom is 0.303 e. The van der Waals surface area contributed by atoms with Gasteiger partial charge >= 0.3 is 5.97 Å². The third kappa shape index (κ3) is 4.96. The van der Waals surface area contributed by atoms with E-state index in [1.54, 1.807) is 6.07 Å². The molecule has 1 aliphatic rings. The van der Waals surface area contributed by atoms with Crippen molar-refractivity contribution < 1.29 is 33.4 Å². The highest BCUT2D eigenvalue weighted by molar-refractivity contribution is 6.46. The summed E-state index contributed by atoms with van der Waals surface area (Å²) in [5.74, 6) is -4.23. The van der Waals surface area contributed by atoms with Crippen molar-refractivity contribution in [2.75, 3.05) is 6.54 Å². The summed E-state index contributed by atoms with van der Waals surface area (Å²) in [6, 6.07) is 9.19. The Morgan fingerprint density at radius 3 is 2.29 bits per heavy atom. The van der Waals surface area contributed by atoms with Gasteiger partial charge in [0.1, 0.15) is 17.4 Å². The molecule has 0 radical (unpaired) electrons. The van der Waals surface area contributed by atoms with Crippen LogP contribution in [0.1, 0.15) is 42.9 Å². The number of aliphatic hydroxyl groups excluding tert-OH is 1. The van der Waals surface area contributed by atoms with Crippen molar-refractivity contribution in [2.45, 2.75) is 31.7 Å². The number of likely N-dealkylation sites (tertiary alicyclic amines) is 1. The number of carbonyl (C=O) groups is 3. The summed E-state index contributed by atoms with van der Waals surface area (Å²) in [4.78, 5) is 37.4. The van der Waals surface area contributed by atoms with E-state index in [4.69, 9.17) is 5.11 Å². The summed E-state index contributed by atoms with van der Waals surface area (Å²) in [5, 5.41) is 19.5. The number of hydrogen-bond donors (Lipinski definition) is 2. The van der Waals surface area contributed by atoms with E-state index in [9.17, 15) is 28.3 Å². The number of aliphatic carboxylic acids is 1. The van der Waals surface area contributed by atoms with Crippen LogP contribution in [0.15, 0.2) is 54.1 Å². The quantitative estimate of drug-likeness (QED) is 0.286. The number of ketones is 1. The molecule has 1 amide bonds. The molecule has 1 atom stereocenters. The maximum absolute atomic E-state index is 13.9. The Kier molecular flexibility index (Phi) is 6.79. The molecule has 0 spiro atoms. The van der Waals surface area contributed by atoms with Crippen LogP contribution < -0.4 is 0 Å². The lowest BCUT2D eigenvalue weighted by molar-refractivity contribution is -0.140. The highest BCUT2D eigenvalue weighted by Gasteiger charge is 2.45. The average Bonchev–Trinajstić information content (AvgIpc) is 2.98. The minimum atomic E-state index is -1.01. The molecule has 1 aliphatic heterocycles. The fraction of sp³-hybridized carbons (Fsp3) is 0.261. The fourth-order valence-electron chi connectivity index (χ4n) is 3.63. The molecule has 1 saturated heterocycles. The van der Waals surface area contributed by atoms with Gasteiger partial charge in [-0.1, -0.05) is 18.6 Å². The van der Waals surface area contributed by atoms with Crippen LogP contribution in [-0.2, 0) is 14.4 Å². The van der Waals surface area contributed by atoms with Gasteiger partial charge in [-0.3, -0.25) is 14.4 Å². The Labute approximate surface area is 177 Å². The summed E-state index contributed by atoms with van der Waals surface area (Å²) in [5.41, 5.74) is 0.267. The topological polar surface area (TPSA) is 94.9 Å². The number of rotatable bonds is 8. The van der Waals surface area contributed by atoms with E-state index in [-0.39, 0.29) is 24.1 Å².